The summed E-state index contributed by atoms with van der Waals surface area (Å²) in [5.41, 5.74) is 0. The van der Waals surface area contributed by atoms with Gasteiger partial charge >= 0.3 is 6.03 Å². The SMILES string of the molecule is CC(CNC(=O)N1CCCC(c2nncn2C)C1)N1CCOCC1. The molecule has 3 rings (SSSR count). The minimum absolute atomic E-state index is 0.0296. The predicted molar refractivity (Wildman–Crippen MR) is 89.8 cm³/mol. The van der Waals surface area contributed by atoms with Gasteiger partial charge in [0.2, 0.25) is 0 Å². The summed E-state index contributed by atoms with van der Waals surface area (Å²) in [6.45, 7) is 7.79. The molecule has 0 spiro atoms. The number of rotatable bonds is 4. The van der Waals surface area contributed by atoms with Gasteiger partial charge in [-0.05, 0) is 19.8 Å². The van der Waals surface area contributed by atoms with E-state index in [9.17, 15) is 4.79 Å². The monoisotopic (exact) mass is 336 g/mol. The maximum atomic E-state index is 12.5. The molecular formula is C16H28N6O2. The van der Waals surface area contributed by atoms with E-state index in [-0.39, 0.29) is 11.9 Å². The molecule has 0 bridgehead atoms. The van der Waals surface area contributed by atoms with Crippen molar-refractivity contribution < 1.29 is 9.53 Å². The smallest absolute Gasteiger partial charge is 0.317 e. The fourth-order valence-electron chi connectivity index (χ4n) is 3.53. The molecule has 2 saturated heterocycles. The predicted octanol–water partition coefficient (Wildman–Crippen LogP) is 0.425. The standard InChI is InChI=1S/C16H28N6O2/c1-13(21-6-8-24-9-7-21)10-17-16(23)22-5-3-4-14(11-22)15-19-18-12-20(15)2/h12-14H,3-11H2,1-2H3,(H,17,23). The number of amides is 2. The lowest BCUT2D eigenvalue weighted by molar-refractivity contribution is 0.0206. The number of piperidine rings is 1. The van der Waals surface area contributed by atoms with E-state index in [0.717, 1.165) is 51.5 Å². The zero-order valence-corrected chi connectivity index (χ0v) is 14.6. The first kappa shape index (κ1) is 17.2. The highest BCUT2D eigenvalue weighted by Crippen LogP contribution is 2.24. The number of nitrogens with zero attached hydrogens (tertiary/aromatic N) is 5. The summed E-state index contributed by atoms with van der Waals surface area (Å²) in [4.78, 5) is 16.8. The van der Waals surface area contributed by atoms with Gasteiger partial charge in [-0.25, -0.2) is 4.79 Å². The van der Waals surface area contributed by atoms with Gasteiger partial charge in [0.25, 0.3) is 0 Å². The fourth-order valence-corrected chi connectivity index (χ4v) is 3.53. The van der Waals surface area contributed by atoms with Gasteiger partial charge in [0.15, 0.2) is 0 Å². The number of carbonyl (C=O) groups excluding carboxylic acids is 1. The summed E-state index contributed by atoms with van der Waals surface area (Å²) < 4.78 is 7.33. The third-order valence-electron chi connectivity index (χ3n) is 5.04. The molecule has 8 nitrogen and oxygen atoms in total. The Bertz CT molecular complexity index is 542. The maximum absolute atomic E-state index is 12.5. The Balaban J connectivity index is 1.48. The molecule has 134 valence electrons. The van der Waals surface area contributed by atoms with Crippen molar-refractivity contribution in [2.45, 2.75) is 31.7 Å². The first-order chi connectivity index (χ1) is 11.6. The molecule has 0 radical (unpaired) electrons. The molecule has 0 saturated carbocycles. The summed E-state index contributed by atoms with van der Waals surface area (Å²) in [5, 5.41) is 11.3. The van der Waals surface area contributed by atoms with E-state index in [1.165, 1.54) is 0 Å². The minimum Gasteiger partial charge on any atom is -0.379 e. The molecule has 1 aromatic rings. The molecule has 2 fully saturated rings. The van der Waals surface area contributed by atoms with Crippen molar-refractivity contribution in [3.63, 3.8) is 0 Å². The molecule has 2 amide bonds. The Kier molecular flexibility index (Phi) is 5.68. The van der Waals surface area contributed by atoms with Crippen molar-refractivity contribution in [1.82, 2.24) is 29.9 Å². The van der Waals surface area contributed by atoms with E-state index in [2.05, 4.69) is 27.3 Å². The van der Waals surface area contributed by atoms with Crippen molar-refractivity contribution in [3.05, 3.63) is 12.2 Å². The number of aromatic nitrogens is 3. The Hall–Kier alpha value is -1.67. The summed E-state index contributed by atoms with van der Waals surface area (Å²) >= 11 is 0. The highest BCUT2D eigenvalue weighted by Gasteiger charge is 2.27. The van der Waals surface area contributed by atoms with Crippen LogP contribution in [-0.4, -0.2) is 82.6 Å². The molecule has 3 heterocycles. The van der Waals surface area contributed by atoms with E-state index in [4.69, 9.17) is 4.74 Å². The number of hydrogen-bond acceptors (Lipinski definition) is 5. The Morgan fingerprint density at radius 1 is 1.42 bits per heavy atom. The van der Waals surface area contributed by atoms with Crippen LogP contribution in [0, 0.1) is 0 Å². The van der Waals surface area contributed by atoms with Crippen LogP contribution >= 0.6 is 0 Å². The molecule has 2 aliphatic rings. The Labute approximate surface area is 143 Å². The third kappa shape index (κ3) is 4.05. The van der Waals surface area contributed by atoms with Gasteiger partial charge in [-0.15, -0.1) is 10.2 Å². The number of urea groups is 1. The lowest BCUT2D eigenvalue weighted by atomic mass is 9.97. The summed E-state index contributed by atoms with van der Waals surface area (Å²) in [6, 6.07) is 0.360. The average Bonchev–Trinajstić information content (AvgIpc) is 3.06. The van der Waals surface area contributed by atoms with Crippen molar-refractivity contribution in [2.24, 2.45) is 7.05 Å². The van der Waals surface area contributed by atoms with Gasteiger partial charge in [0, 0.05) is 51.7 Å². The lowest BCUT2D eigenvalue weighted by Crippen LogP contribution is -2.51. The first-order valence-corrected chi connectivity index (χ1v) is 8.83. The highest BCUT2D eigenvalue weighted by molar-refractivity contribution is 5.74. The molecular weight excluding hydrogens is 308 g/mol. The Morgan fingerprint density at radius 2 is 2.21 bits per heavy atom. The molecule has 8 heteroatoms. The van der Waals surface area contributed by atoms with Crippen molar-refractivity contribution >= 4 is 6.03 Å². The first-order valence-electron chi connectivity index (χ1n) is 8.83. The van der Waals surface area contributed by atoms with Gasteiger partial charge in [0.05, 0.1) is 13.2 Å². The molecule has 24 heavy (non-hydrogen) atoms. The van der Waals surface area contributed by atoms with Crippen molar-refractivity contribution in [1.29, 1.82) is 0 Å². The van der Waals surface area contributed by atoms with Crippen LogP contribution in [0.2, 0.25) is 0 Å². The van der Waals surface area contributed by atoms with Crippen molar-refractivity contribution in [3.8, 4) is 0 Å². The highest BCUT2D eigenvalue weighted by atomic mass is 16.5. The Morgan fingerprint density at radius 3 is 2.92 bits per heavy atom. The topological polar surface area (TPSA) is 75.5 Å². The number of hydrogen-bond donors (Lipinski definition) is 1. The second kappa shape index (κ2) is 7.94. The lowest BCUT2D eigenvalue weighted by Gasteiger charge is -2.34. The normalized spacial score (nSPS) is 23.9. The number of morpholine rings is 1. The molecule has 0 aromatic carbocycles. The summed E-state index contributed by atoms with van der Waals surface area (Å²) in [7, 11) is 1.96. The number of carbonyl (C=O) groups is 1. The third-order valence-corrected chi connectivity index (χ3v) is 5.04. The minimum atomic E-state index is 0.0296. The molecule has 1 N–H and O–H groups in total. The van der Waals surface area contributed by atoms with Crippen molar-refractivity contribution in [2.75, 3.05) is 45.9 Å². The maximum Gasteiger partial charge on any atom is 0.317 e. The number of ether oxygens (including phenoxy) is 1. The van der Waals surface area contributed by atoms with E-state index in [1.807, 2.05) is 16.5 Å². The van der Waals surface area contributed by atoms with Crippen LogP contribution in [0.3, 0.4) is 0 Å². The second-order valence-electron chi connectivity index (χ2n) is 6.77. The molecule has 2 aliphatic heterocycles. The zero-order chi connectivity index (χ0) is 16.9. The van der Waals surface area contributed by atoms with E-state index >= 15 is 0 Å². The van der Waals surface area contributed by atoms with Gasteiger partial charge in [-0.1, -0.05) is 0 Å². The molecule has 2 unspecified atom stereocenters. The van der Waals surface area contributed by atoms with Gasteiger partial charge in [-0.3, -0.25) is 4.90 Å². The van der Waals surface area contributed by atoms with Gasteiger partial charge < -0.3 is 19.5 Å². The van der Waals surface area contributed by atoms with E-state index in [1.54, 1.807) is 6.33 Å². The zero-order valence-electron chi connectivity index (χ0n) is 14.6. The van der Waals surface area contributed by atoms with Crippen LogP contribution in [0.15, 0.2) is 6.33 Å². The molecule has 1 aromatic heterocycles. The number of nitrogens with one attached hydrogen (secondary N) is 1. The van der Waals surface area contributed by atoms with E-state index < -0.39 is 0 Å². The van der Waals surface area contributed by atoms with Crippen LogP contribution in [0.5, 0.6) is 0 Å². The number of likely N-dealkylation sites (tertiary alicyclic amines) is 1. The second-order valence-corrected chi connectivity index (χ2v) is 6.77. The van der Waals surface area contributed by atoms with Gasteiger partial charge in [0.1, 0.15) is 12.2 Å². The molecule has 2 atom stereocenters. The quantitative estimate of drug-likeness (QED) is 0.863. The van der Waals surface area contributed by atoms with Crippen LogP contribution in [-0.2, 0) is 11.8 Å². The fraction of sp³-hybridized carbons (Fsp3) is 0.812. The van der Waals surface area contributed by atoms with Gasteiger partial charge in [-0.2, -0.15) is 0 Å². The average molecular weight is 336 g/mol. The van der Waals surface area contributed by atoms with Crippen LogP contribution in [0.1, 0.15) is 31.5 Å². The van der Waals surface area contributed by atoms with Crippen LogP contribution < -0.4 is 5.32 Å². The van der Waals surface area contributed by atoms with Crippen LogP contribution in [0.4, 0.5) is 4.79 Å². The largest absolute Gasteiger partial charge is 0.379 e. The molecule has 0 aliphatic carbocycles. The van der Waals surface area contributed by atoms with Crippen LogP contribution in [0.25, 0.3) is 0 Å². The number of aryl methyl sites for hydroxylation is 1. The summed E-state index contributed by atoms with van der Waals surface area (Å²) in [5.74, 6) is 1.24. The summed E-state index contributed by atoms with van der Waals surface area (Å²) in [6.07, 6.45) is 3.78. The van der Waals surface area contributed by atoms with E-state index in [0.29, 0.717) is 19.1 Å².